The number of hydrogen-bond donors (Lipinski definition) is 0. The number of rotatable bonds is 4. The van der Waals surface area contributed by atoms with Crippen molar-refractivity contribution in [1.82, 2.24) is 4.31 Å². The van der Waals surface area contributed by atoms with E-state index in [1.54, 1.807) is 0 Å². The lowest BCUT2D eigenvalue weighted by Gasteiger charge is -2.25. The Labute approximate surface area is 132 Å². The van der Waals surface area contributed by atoms with Crippen LogP contribution in [0.2, 0.25) is 0 Å². The van der Waals surface area contributed by atoms with Crippen LogP contribution in [0, 0.1) is 5.92 Å². The normalized spacial score (nSPS) is 21.9. The summed E-state index contributed by atoms with van der Waals surface area (Å²) in [7, 11) is -0.845. The molecule has 1 aromatic rings. The van der Waals surface area contributed by atoms with Gasteiger partial charge in [-0.15, -0.1) is 0 Å². The molecule has 0 saturated carbocycles. The summed E-state index contributed by atoms with van der Waals surface area (Å²) in [6.45, 7) is 12.0. The molecule has 2 atom stereocenters. The zero-order valence-electron chi connectivity index (χ0n) is 14.1. The number of hydrogen-bond acceptors (Lipinski definition) is 1. The second-order valence-electron chi connectivity index (χ2n) is 7.55. The number of nitrogens with zero attached hydrogens (tertiary/aromatic N) is 1. The van der Waals surface area contributed by atoms with E-state index in [9.17, 15) is 4.21 Å². The maximum absolute atomic E-state index is 12.5. The molecule has 1 unspecified atom stereocenters. The largest absolute Gasteiger partial charge is 0.243 e. The van der Waals surface area contributed by atoms with Gasteiger partial charge in [0.1, 0.15) is 0 Å². The fraction of sp³-hybridized carbons (Fsp3) is 0.667. The second kappa shape index (κ2) is 6.62. The first-order valence-electron chi connectivity index (χ1n) is 8.04. The van der Waals surface area contributed by atoms with Gasteiger partial charge in [0.2, 0.25) is 0 Å². The monoisotopic (exact) mass is 307 g/mol. The molecule has 3 heteroatoms. The van der Waals surface area contributed by atoms with E-state index >= 15 is 0 Å². The molecule has 1 heterocycles. The van der Waals surface area contributed by atoms with Crippen LogP contribution in [-0.4, -0.2) is 20.8 Å². The van der Waals surface area contributed by atoms with E-state index in [1.165, 1.54) is 11.1 Å². The lowest BCUT2D eigenvalue weighted by Crippen LogP contribution is -2.29. The Morgan fingerprint density at radius 3 is 2.38 bits per heavy atom. The van der Waals surface area contributed by atoms with Gasteiger partial charge in [0.05, 0.1) is 11.0 Å². The third-order valence-corrected chi connectivity index (χ3v) is 6.01. The molecule has 1 aromatic carbocycles. The van der Waals surface area contributed by atoms with Gasteiger partial charge in [0.25, 0.3) is 0 Å². The second-order valence-corrected chi connectivity index (χ2v) is 9.00. The summed E-state index contributed by atoms with van der Waals surface area (Å²) in [5, 5.41) is 0. The first kappa shape index (κ1) is 16.7. The summed E-state index contributed by atoms with van der Waals surface area (Å²) in [6, 6.07) is 9.26. The Kier molecular flexibility index (Phi) is 5.26. The average molecular weight is 308 g/mol. The topological polar surface area (TPSA) is 20.3 Å². The molecule has 0 aromatic heterocycles. The van der Waals surface area contributed by atoms with E-state index in [-0.39, 0.29) is 5.41 Å². The highest BCUT2D eigenvalue weighted by atomic mass is 32.2. The van der Waals surface area contributed by atoms with Crippen molar-refractivity contribution in [3.05, 3.63) is 35.4 Å². The molecule has 2 nitrogen and oxygen atoms in total. The minimum atomic E-state index is -0.845. The third-order valence-electron chi connectivity index (χ3n) is 4.10. The van der Waals surface area contributed by atoms with Crippen molar-refractivity contribution >= 4 is 11.0 Å². The molecule has 0 aliphatic carbocycles. The van der Waals surface area contributed by atoms with Gasteiger partial charge in [-0.25, -0.2) is 8.51 Å². The highest BCUT2D eigenvalue weighted by molar-refractivity contribution is 7.82. The Morgan fingerprint density at radius 2 is 1.86 bits per heavy atom. The van der Waals surface area contributed by atoms with Crippen molar-refractivity contribution in [3.8, 4) is 0 Å². The van der Waals surface area contributed by atoms with E-state index in [0.29, 0.717) is 12.0 Å². The minimum Gasteiger partial charge on any atom is -0.243 e. The molecule has 0 spiro atoms. The van der Waals surface area contributed by atoms with Gasteiger partial charge in [-0.2, -0.15) is 0 Å². The van der Waals surface area contributed by atoms with Crippen LogP contribution in [0.4, 0.5) is 0 Å². The maximum Gasteiger partial charge on any atom is 0.0950 e. The molecule has 1 aliphatic rings. The van der Waals surface area contributed by atoms with Crippen LogP contribution in [0.5, 0.6) is 0 Å². The molecule has 2 rings (SSSR count). The molecule has 1 saturated heterocycles. The maximum atomic E-state index is 12.5. The molecule has 0 N–H and O–H groups in total. The van der Waals surface area contributed by atoms with Crippen LogP contribution >= 0.6 is 0 Å². The first-order chi connectivity index (χ1) is 9.79. The van der Waals surface area contributed by atoms with Crippen LogP contribution < -0.4 is 0 Å². The van der Waals surface area contributed by atoms with Crippen molar-refractivity contribution in [2.45, 2.75) is 58.9 Å². The van der Waals surface area contributed by atoms with Crippen LogP contribution in [0.1, 0.15) is 64.6 Å². The predicted molar refractivity (Wildman–Crippen MR) is 91.7 cm³/mol. The first-order valence-corrected chi connectivity index (χ1v) is 9.32. The highest BCUT2D eigenvalue weighted by Crippen LogP contribution is 2.34. The van der Waals surface area contributed by atoms with Crippen LogP contribution in [0.25, 0.3) is 0 Å². The lowest BCUT2D eigenvalue weighted by atomic mass is 9.86. The molecule has 21 heavy (non-hydrogen) atoms. The van der Waals surface area contributed by atoms with Gasteiger partial charge in [0, 0.05) is 18.3 Å². The lowest BCUT2D eigenvalue weighted by molar-refractivity contribution is 0.424. The van der Waals surface area contributed by atoms with Gasteiger partial charge in [-0.05, 0) is 35.3 Å². The van der Waals surface area contributed by atoms with Crippen molar-refractivity contribution in [2.24, 2.45) is 5.92 Å². The Bertz CT molecular complexity index is 487. The average Bonchev–Trinajstić information content (AvgIpc) is 2.86. The molecule has 0 amide bonds. The van der Waals surface area contributed by atoms with Gasteiger partial charge < -0.3 is 0 Å². The number of benzene rings is 1. The Balaban J connectivity index is 2.15. The van der Waals surface area contributed by atoms with Gasteiger partial charge in [-0.1, -0.05) is 58.9 Å². The third kappa shape index (κ3) is 4.17. The molecule has 1 fully saturated rings. The van der Waals surface area contributed by atoms with Gasteiger partial charge in [0.15, 0.2) is 0 Å². The van der Waals surface area contributed by atoms with Crippen LogP contribution in [-0.2, 0) is 16.4 Å². The van der Waals surface area contributed by atoms with Crippen LogP contribution in [0.15, 0.2) is 24.3 Å². The summed E-state index contributed by atoms with van der Waals surface area (Å²) < 4.78 is 14.7. The SMILES string of the molecule is CC(C)CS(=O)N1CCC[C@@H]1c1ccc(C(C)(C)C)cc1. The Hall–Kier alpha value is -0.670. The molecule has 0 radical (unpaired) electrons. The molecular formula is C18H29NOS. The molecular weight excluding hydrogens is 278 g/mol. The van der Waals surface area contributed by atoms with E-state index in [2.05, 4.69) is 63.2 Å². The molecule has 1 aliphatic heterocycles. The summed E-state index contributed by atoms with van der Waals surface area (Å²) in [6.07, 6.45) is 2.27. The summed E-state index contributed by atoms with van der Waals surface area (Å²) in [5.74, 6) is 1.26. The van der Waals surface area contributed by atoms with E-state index < -0.39 is 11.0 Å². The predicted octanol–water partition coefficient (Wildman–Crippen LogP) is 4.44. The van der Waals surface area contributed by atoms with Crippen molar-refractivity contribution in [1.29, 1.82) is 0 Å². The molecule has 0 bridgehead atoms. The zero-order valence-corrected chi connectivity index (χ0v) is 14.9. The summed E-state index contributed by atoms with van der Waals surface area (Å²) in [4.78, 5) is 0. The van der Waals surface area contributed by atoms with E-state index in [0.717, 1.165) is 25.1 Å². The summed E-state index contributed by atoms with van der Waals surface area (Å²) in [5.41, 5.74) is 2.87. The van der Waals surface area contributed by atoms with Crippen LogP contribution in [0.3, 0.4) is 0 Å². The quantitative estimate of drug-likeness (QED) is 0.805. The van der Waals surface area contributed by atoms with Crippen molar-refractivity contribution in [3.63, 3.8) is 0 Å². The van der Waals surface area contributed by atoms with Crippen molar-refractivity contribution < 1.29 is 4.21 Å². The fourth-order valence-corrected chi connectivity index (χ4v) is 4.51. The fourth-order valence-electron chi connectivity index (χ4n) is 2.90. The van der Waals surface area contributed by atoms with Gasteiger partial charge in [-0.3, -0.25) is 0 Å². The Morgan fingerprint density at radius 1 is 1.24 bits per heavy atom. The van der Waals surface area contributed by atoms with Gasteiger partial charge >= 0.3 is 0 Å². The standard InChI is InChI=1S/C18H29NOS/c1-14(2)13-21(20)19-12-6-7-17(19)15-8-10-16(11-9-15)18(3,4)5/h8-11,14,17H,6-7,12-13H2,1-5H3/t17-,21?/m1/s1. The smallest absolute Gasteiger partial charge is 0.0950 e. The van der Waals surface area contributed by atoms with E-state index in [4.69, 9.17) is 0 Å². The minimum absolute atomic E-state index is 0.189. The summed E-state index contributed by atoms with van der Waals surface area (Å²) >= 11 is 0. The zero-order chi connectivity index (χ0) is 15.6. The van der Waals surface area contributed by atoms with E-state index in [1.807, 2.05) is 0 Å². The highest BCUT2D eigenvalue weighted by Gasteiger charge is 2.30. The molecule has 118 valence electrons. The van der Waals surface area contributed by atoms with Crippen molar-refractivity contribution in [2.75, 3.05) is 12.3 Å².